The molecule has 1 fully saturated rings. The van der Waals surface area contributed by atoms with Crippen molar-refractivity contribution in [2.24, 2.45) is 0 Å². The van der Waals surface area contributed by atoms with Crippen LogP contribution < -0.4 is 20.1 Å². The summed E-state index contributed by atoms with van der Waals surface area (Å²) >= 11 is 0. The van der Waals surface area contributed by atoms with E-state index in [0.717, 1.165) is 23.2 Å². The first-order valence-electron chi connectivity index (χ1n) is 12.7. The van der Waals surface area contributed by atoms with Crippen molar-refractivity contribution in [3.63, 3.8) is 0 Å². The lowest BCUT2D eigenvalue weighted by Crippen LogP contribution is -2.50. The molecule has 1 amide bonds. The quantitative estimate of drug-likeness (QED) is 0.425. The highest BCUT2D eigenvalue weighted by Gasteiger charge is 2.37. The van der Waals surface area contributed by atoms with Crippen molar-refractivity contribution in [3.05, 3.63) is 63.8 Å². The molecule has 2 aliphatic heterocycles. The number of amides is 1. The van der Waals surface area contributed by atoms with Crippen molar-refractivity contribution in [1.29, 1.82) is 0 Å². The summed E-state index contributed by atoms with van der Waals surface area (Å²) in [7, 11) is 0. The fraction of sp³-hybridized carbons (Fsp3) is 0.400. The Morgan fingerprint density at radius 3 is 2.30 bits per heavy atom. The van der Waals surface area contributed by atoms with Crippen molar-refractivity contribution < 1.29 is 44.7 Å². The van der Waals surface area contributed by atoms with Gasteiger partial charge in [0.1, 0.15) is 23.2 Å². The number of ether oxygens (including phenoxy) is 1. The third kappa shape index (κ3) is 6.46. The van der Waals surface area contributed by atoms with Crippen LogP contribution in [0.25, 0.3) is 0 Å². The molecule has 5 rings (SSSR count). The average molecular weight is 619 g/mol. The number of nitrogens with zero attached hydrogens (tertiary/aromatic N) is 6. The minimum absolute atomic E-state index is 0.0145. The molecule has 4 heterocycles. The Hall–Kier alpha value is -4.51. The molecule has 3 aromatic rings. The van der Waals surface area contributed by atoms with Gasteiger partial charge >= 0.3 is 12.4 Å². The van der Waals surface area contributed by atoms with E-state index in [0.29, 0.717) is 12.3 Å². The van der Waals surface area contributed by atoms with Crippen LogP contribution in [0.4, 0.5) is 52.4 Å². The monoisotopic (exact) mass is 619 g/mol. The first-order chi connectivity index (χ1) is 20.2. The molecular formula is C25H21F8N7O3. The first kappa shape index (κ1) is 30.0. The zero-order valence-electron chi connectivity index (χ0n) is 21.8. The van der Waals surface area contributed by atoms with Gasteiger partial charge in [-0.05, 0) is 18.2 Å². The molecule has 10 nitrogen and oxygen atoms in total. The zero-order chi connectivity index (χ0) is 31.1. The third-order valence-corrected chi connectivity index (χ3v) is 6.86. The molecule has 0 unspecified atom stereocenters. The van der Waals surface area contributed by atoms with E-state index in [-0.39, 0.29) is 62.3 Å². The van der Waals surface area contributed by atoms with Crippen molar-refractivity contribution in [2.45, 2.75) is 31.3 Å². The van der Waals surface area contributed by atoms with Gasteiger partial charge < -0.3 is 19.4 Å². The molecular weight excluding hydrogens is 598 g/mol. The lowest BCUT2D eigenvalue weighted by Gasteiger charge is -2.38. The van der Waals surface area contributed by atoms with E-state index < -0.39 is 53.1 Å². The summed E-state index contributed by atoms with van der Waals surface area (Å²) in [6, 6.07) is 3.81. The number of hydrogen-bond acceptors (Lipinski definition) is 8. The van der Waals surface area contributed by atoms with Crippen LogP contribution in [-0.4, -0.2) is 69.8 Å². The number of benzene rings is 1. The van der Waals surface area contributed by atoms with Crippen LogP contribution in [-0.2, 0) is 17.1 Å². The molecule has 0 saturated carbocycles. The third-order valence-electron chi connectivity index (χ3n) is 6.86. The topological polar surface area (TPSA) is 108 Å². The summed E-state index contributed by atoms with van der Waals surface area (Å²) in [6.07, 6.45) is -12.1. The van der Waals surface area contributed by atoms with Crippen molar-refractivity contribution >= 4 is 23.2 Å². The predicted octanol–water partition coefficient (Wildman–Crippen LogP) is 4.17. The zero-order valence-corrected chi connectivity index (χ0v) is 21.8. The maximum absolute atomic E-state index is 13.4. The summed E-state index contributed by atoms with van der Waals surface area (Å²) in [5, 5.41) is 5.45. The number of piperazine rings is 1. The summed E-state index contributed by atoms with van der Waals surface area (Å²) in [5.74, 6) is -0.564. The number of rotatable bonds is 5. The molecule has 1 atom stereocenters. The highest BCUT2D eigenvalue weighted by Crippen LogP contribution is 2.41. The highest BCUT2D eigenvalue weighted by atomic mass is 19.4. The second-order valence-corrected chi connectivity index (χ2v) is 9.67. The normalized spacial score (nSPS) is 17.6. The maximum Gasteiger partial charge on any atom is 0.434 e. The van der Waals surface area contributed by atoms with Crippen molar-refractivity contribution in [2.75, 3.05) is 42.5 Å². The molecule has 2 aromatic heterocycles. The lowest BCUT2D eigenvalue weighted by molar-refractivity contribution is -0.141. The van der Waals surface area contributed by atoms with E-state index in [4.69, 9.17) is 4.74 Å². The number of aromatic nitrogens is 4. The van der Waals surface area contributed by atoms with Gasteiger partial charge in [0.05, 0.1) is 31.0 Å². The Kier molecular flexibility index (Phi) is 7.87. The van der Waals surface area contributed by atoms with Crippen LogP contribution in [0.3, 0.4) is 0 Å². The van der Waals surface area contributed by atoms with Crippen LogP contribution in [0.5, 0.6) is 5.75 Å². The molecule has 0 bridgehead atoms. The highest BCUT2D eigenvalue weighted by molar-refractivity contribution is 5.78. The van der Waals surface area contributed by atoms with E-state index in [2.05, 4.69) is 15.1 Å². The minimum atomic E-state index is -5.02. The van der Waals surface area contributed by atoms with Gasteiger partial charge in [-0.25, -0.2) is 23.8 Å². The summed E-state index contributed by atoms with van der Waals surface area (Å²) in [4.78, 5) is 36.4. The van der Waals surface area contributed by atoms with Gasteiger partial charge in [-0.3, -0.25) is 9.59 Å². The molecule has 0 radical (unpaired) electrons. The molecule has 43 heavy (non-hydrogen) atoms. The predicted molar refractivity (Wildman–Crippen MR) is 133 cm³/mol. The van der Waals surface area contributed by atoms with Gasteiger partial charge in [-0.1, -0.05) is 0 Å². The van der Waals surface area contributed by atoms with Gasteiger partial charge in [0.2, 0.25) is 5.91 Å². The second-order valence-electron chi connectivity index (χ2n) is 9.67. The standard InChI is InChI=1S/C25H21F8N7O3/c26-22(27)13-1-2-17-16(7-13)40(19-9-15(24(28,29)30)23(42)37-36-19)12-14(43-17)8-21(41)39-5-3-38(4-6-39)20-11-34-18(10-35-20)25(31,32)33/h1-2,7,9-11,14,22H,3-6,8,12H2,(H,37,42)/t14-/m0/s1. The van der Waals surface area contributed by atoms with Gasteiger partial charge in [0.15, 0.2) is 11.5 Å². The molecule has 1 saturated heterocycles. The van der Waals surface area contributed by atoms with Crippen LogP contribution in [0.15, 0.2) is 41.5 Å². The lowest BCUT2D eigenvalue weighted by atomic mass is 10.1. The minimum Gasteiger partial charge on any atom is -0.486 e. The van der Waals surface area contributed by atoms with Crippen LogP contribution >= 0.6 is 0 Å². The molecule has 230 valence electrons. The number of anilines is 3. The van der Waals surface area contributed by atoms with E-state index in [1.807, 2.05) is 0 Å². The number of H-pyrrole nitrogens is 1. The SMILES string of the molecule is O=C(C[C@H]1CN(c2cc(C(F)(F)F)c(=O)[nH]n2)c2cc(C(F)F)ccc2O1)N1CCN(c2cnc(C(F)(F)F)cn2)CC1. The number of aromatic amines is 1. The van der Waals surface area contributed by atoms with Gasteiger partial charge in [-0.2, -0.15) is 31.4 Å². The number of halogens is 8. The largest absolute Gasteiger partial charge is 0.486 e. The number of carbonyl (C=O) groups is 1. The molecule has 1 N–H and O–H groups in total. The Morgan fingerprint density at radius 1 is 0.977 bits per heavy atom. The Morgan fingerprint density at radius 2 is 1.70 bits per heavy atom. The average Bonchev–Trinajstić information content (AvgIpc) is 2.96. The molecule has 1 aromatic carbocycles. The Bertz CT molecular complexity index is 1540. The smallest absolute Gasteiger partial charge is 0.434 e. The van der Waals surface area contributed by atoms with E-state index in [9.17, 15) is 44.7 Å². The molecule has 18 heteroatoms. The fourth-order valence-electron chi connectivity index (χ4n) is 4.71. The molecule has 0 spiro atoms. The van der Waals surface area contributed by atoms with E-state index in [1.165, 1.54) is 11.0 Å². The first-order valence-corrected chi connectivity index (χ1v) is 12.7. The van der Waals surface area contributed by atoms with Gasteiger partial charge in [0, 0.05) is 37.8 Å². The number of hydrogen-bond donors (Lipinski definition) is 1. The number of alkyl halides is 8. The van der Waals surface area contributed by atoms with Gasteiger partial charge in [0.25, 0.3) is 12.0 Å². The fourth-order valence-corrected chi connectivity index (χ4v) is 4.71. The summed E-state index contributed by atoms with van der Waals surface area (Å²) < 4.78 is 111. The summed E-state index contributed by atoms with van der Waals surface area (Å²) in [6.45, 7) is 0.586. The molecule has 0 aliphatic carbocycles. The molecule has 2 aliphatic rings. The number of carbonyl (C=O) groups excluding carboxylic acids is 1. The van der Waals surface area contributed by atoms with Crippen molar-refractivity contribution in [1.82, 2.24) is 25.1 Å². The summed E-state index contributed by atoms with van der Waals surface area (Å²) in [5.41, 5.74) is -4.62. The maximum atomic E-state index is 13.4. The van der Waals surface area contributed by atoms with Gasteiger partial charge in [-0.15, -0.1) is 0 Å². The van der Waals surface area contributed by atoms with E-state index >= 15 is 0 Å². The number of fused-ring (bicyclic) bond motifs is 1. The van der Waals surface area contributed by atoms with E-state index in [1.54, 1.807) is 10.00 Å². The van der Waals surface area contributed by atoms with Crippen LogP contribution in [0, 0.1) is 0 Å². The van der Waals surface area contributed by atoms with Crippen molar-refractivity contribution in [3.8, 4) is 5.75 Å². The Balaban J connectivity index is 1.31. The van der Waals surface area contributed by atoms with Crippen LogP contribution in [0.2, 0.25) is 0 Å². The Labute approximate surface area is 236 Å². The second kappa shape index (κ2) is 11.3. The number of nitrogens with one attached hydrogen (secondary N) is 1. The van der Waals surface area contributed by atoms with Crippen LogP contribution in [0.1, 0.15) is 29.7 Å².